The fourth-order valence-corrected chi connectivity index (χ4v) is 3.66. The van der Waals surface area contributed by atoms with E-state index < -0.39 is 0 Å². The van der Waals surface area contributed by atoms with Crippen molar-refractivity contribution >= 4 is 0 Å². The topological polar surface area (TPSA) is 35.2 Å². The van der Waals surface area contributed by atoms with Crippen LogP contribution in [0, 0.1) is 11.8 Å². The first kappa shape index (κ1) is 12.4. The molecule has 3 unspecified atom stereocenters. The number of hydrogen-bond donors (Lipinski definition) is 1. The van der Waals surface area contributed by atoms with Crippen molar-refractivity contribution in [3.63, 3.8) is 0 Å². The van der Waals surface area contributed by atoms with Crippen LogP contribution in [0.15, 0.2) is 0 Å². The summed E-state index contributed by atoms with van der Waals surface area (Å²) in [4.78, 5) is 0. The van der Waals surface area contributed by atoms with Crippen LogP contribution in [0.1, 0.15) is 58.3 Å². The lowest BCUT2D eigenvalue weighted by Gasteiger charge is -2.49. The Bertz CT molecular complexity index is 219. The molecule has 0 spiro atoms. The van der Waals surface area contributed by atoms with Crippen molar-refractivity contribution in [2.45, 2.75) is 69.9 Å². The predicted octanol–water partition coefficient (Wildman–Crippen LogP) is 3.10. The molecule has 94 valence electrons. The quantitative estimate of drug-likeness (QED) is 0.798. The number of rotatable bonds is 4. The van der Waals surface area contributed by atoms with Gasteiger partial charge in [0.15, 0.2) is 0 Å². The molecule has 2 heteroatoms. The minimum atomic E-state index is 0.0420. The third-order valence-corrected chi connectivity index (χ3v) is 5.12. The molecule has 0 heterocycles. The molecule has 16 heavy (non-hydrogen) atoms. The van der Waals surface area contributed by atoms with Crippen molar-refractivity contribution in [1.29, 1.82) is 0 Å². The SMILES string of the molecule is CCC1CCCC(C(N)C2(OC)CCC2)C1. The predicted molar refractivity (Wildman–Crippen MR) is 67.3 cm³/mol. The third-order valence-electron chi connectivity index (χ3n) is 5.12. The van der Waals surface area contributed by atoms with Crippen molar-refractivity contribution in [2.24, 2.45) is 17.6 Å². The van der Waals surface area contributed by atoms with E-state index in [0.29, 0.717) is 5.92 Å². The summed E-state index contributed by atoms with van der Waals surface area (Å²) in [5.74, 6) is 1.62. The maximum atomic E-state index is 6.49. The number of methoxy groups -OCH3 is 1. The van der Waals surface area contributed by atoms with Gasteiger partial charge in [0, 0.05) is 13.2 Å². The van der Waals surface area contributed by atoms with Crippen LogP contribution in [0.25, 0.3) is 0 Å². The summed E-state index contributed by atoms with van der Waals surface area (Å²) in [6.07, 6.45) is 10.4. The van der Waals surface area contributed by atoms with E-state index in [2.05, 4.69) is 6.92 Å². The van der Waals surface area contributed by atoms with Crippen molar-refractivity contribution in [2.75, 3.05) is 7.11 Å². The Labute approximate surface area is 99.9 Å². The molecular weight excluding hydrogens is 198 g/mol. The molecule has 0 radical (unpaired) electrons. The second-order valence-corrected chi connectivity index (χ2v) is 5.85. The minimum Gasteiger partial charge on any atom is -0.377 e. The molecule has 0 aliphatic heterocycles. The minimum absolute atomic E-state index is 0.0420. The second kappa shape index (κ2) is 5.05. The average molecular weight is 225 g/mol. The summed E-state index contributed by atoms with van der Waals surface area (Å²) < 4.78 is 5.73. The van der Waals surface area contributed by atoms with Gasteiger partial charge >= 0.3 is 0 Å². The van der Waals surface area contributed by atoms with Gasteiger partial charge in [0.25, 0.3) is 0 Å². The molecule has 2 N–H and O–H groups in total. The van der Waals surface area contributed by atoms with Crippen LogP contribution >= 0.6 is 0 Å². The van der Waals surface area contributed by atoms with Crippen LogP contribution in [-0.4, -0.2) is 18.8 Å². The lowest BCUT2D eigenvalue weighted by molar-refractivity contribution is -0.106. The van der Waals surface area contributed by atoms with Crippen molar-refractivity contribution in [3.05, 3.63) is 0 Å². The van der Waals surface area contributed by atoms with Crippen LogP contribution in [0.4, 0.5) is 0 Å². The van der Waals surface area contributed by atoms with Crippen LogP contribution in [0.2, 0.25) is 0 Å². The van der Waals surface area contributed by atoms with Crippen LogP contribution < -0.4 is 5.73 Å². The van der Waals surface area contributed by atoms with Crippen LogP contribution in [0.5, 0.6) is 0 Å². The standard InChI is InChI=1S/C14H27NO/c1-3-11-6-4-7-12(10-11)13(15)14(16-2)8-5-9-14/h11-13H,3-10,15H2,1-2H3. The molecule has 0 aromatic rings. The highest BCUT2D eigenvalue weighted by Gasteiger charge is 2.46. The van der Waals surface area contributed by atoms with E-state index in [9.17, 15) is 0 Å². The van der Waals surface area contributed by atoms with E-state index >= 15 is 0 Å². The molecule has 2 saturated carbocycles. The van der Waals surface area contributed by atoms with Gasteiger partial charge in [0.05, 0.1) is 5.60 Å². The zero-order valence-corrected chi connectivity index (χ0v) is 10.9. The normalized spacial score (nSPS) is 35.4. The molecule has 2 fully saturated rings. The van der Waals surface area contributed by atoms with E-state index in [-0.39, 0.29) is 11.6 Å². The molecule has 2 aliphatic rings. The van der Waals surface area contributed by atoms with Gasteiger partial charge in [-0.25, -0.2) is 0 Å². The van der Waals surface area contributed by atoms with Gasteiger partial charge in [-0.05, 0) is 43.9 Å². The fourth-order valence-electron chi connectivity index (χ4n) is 3.66. The third kappa shape index (κ3) is 2.14. The largest absolute Gasteiger partial charge is 0.377 e. The van der Waals surface area contributed by atoms with Crippen molar-refractivity contribution in [1.82, 2.24) is 0 Å². The van der Waals surface area contributed by atoms with Gasteiger partial charge in [0.2, 0.25) is 0 Å². The Morgan fingerprint density at radius 1 is 1.31 bits per heavy atom. The molecule has 0 amide bonds. The zero-order valence-electron chi connectivity index (χ0n) is 10.9. The molecule has 0 aromatic heterocycles. The van der Waals surface area contributed by atoms with E-state index in [1.54, 1.807) is 0 Å². The van der Waals surface area contributed by atoms with Gasteiger partial charge in [-0.15, -0.1) is 0 Å². The van der Waals surface area contributed by atoms with E-state index in [1.165, 1.54) is 51.4 Å². The molecule has 0 bridgehead atoms. The lowest BCUT2D eigenvalue weighted by atomic mass is 9.66. The highest BCUT2D eigenvalue weighted by Crippen LogP contribution is 2.43. The maximum absolute atomic E-state index is 6.49. The number of hydrogen-bond acceptors (Lipinski definition) is 2. The second-order valence-electron chi connectivity index (χ2n) is 5.85. The van der Waals surface area contributed by atoms with Gasteiger partial charge in [-0.3, -0.25) is 0 Å². The smallest absolute Gasteiger partial charge is 0.0831 e. The van der Waals surface area contributed by atoms with Crippen LogP contribution in [-0.2, 0) is 4.74 Å². The van der Waals surface area contributed by atoms with Crippen molar-refractivity contribution < 1.29 is 4.74 Å². The molecule has 0 saturated heterocycles. The summed E-state index contributed by atoms with van der Waals surface area (Å²) in [5, 5.41) is 0. The fraction of sp³-hybridized carbons (Fsp3) is 1.00. The Morgan fingerprint density at radius 3 is 2.56 bits per heavy atom. The molecule has 2 aliphatic carbocycles. The average Bonchev–Trinajstić information content (AvgIpc) is 2.28. The molecule has 2 rings (SSSR count). The molecule has 2 nitrogen and oxygen atoms in total. The summed E-state index contributed by atoms with van der Waals surface area (Å²) in [6.45, 7) is 2.31. The monoisotopic (exact) mass is 225 g/mol. The maximum Gasteiger partial charge on any atom is 0.0831 e. The molecule has 3 atom stereocenters. The Balaban J connectivity index is 1.95. The first-order valence-corrected chi connectivity index (χ1v) is 7.02. The summed E-state index contributed by atoms with van der Waals surface area (Å²) in [6, 6.07) is 0.278. The van der Waals surface area contributed by atoms with E-state index in [4.69, 9.17) is 10.5 Å². The Morgan fingerprint density at radius 2 is 2.06 bits per heavy atom. The van der Waals surface area contributed by atoms with Gasteiger partial charge < -0.3 is 10.5 Å². The molecule has 0 aromatic carbocycles. The van der Waals surface area contributed by atoms with Gasteiger partial charge in [0.1, 0.15) is 0 Å². The Hall–Kier alpha value is -0.0800. The summed E-state index contributed by atoms with van der Waals surface area (Å²) >= 11 is 0. The summed E-state index contributed by atoms with van der Waals surface area (Å²) in [5.41, 5.74) is 6.53. The van der Waals surface area contributed by atoms with E-state index in [0.717, 1.165) is 5.92 Å². The highest BCUT2D eigenvalue weighted by molar-refractivity contribution is 5.01. The first-order chi connectivity index (χ1) is 7.72. The number of ether oxygens (including phenoxy) is 1. The summed E-state index contributed by atoms with van der Waals surface area (Å²) in [7, 11) is 1.85. The number of nitrogens with two attached hydrogens (primary N) is 1. The van der Waals surface area contributed by atoms with Gasteiger partial charge in [-0.1, -0.05) is 26.2 Å². The van der Waals surface area contributed by atoms with Crippen LogP contribution in [0.3, 0.4) is 0 Å². The zero-order chi connectivity index (χ0) is 11.6. The Kier molecular flexibility index (Phi) is 3.91. The lowest BCUT2D eigenvalue weighted by Crippen LogP contribution is -2.58. The van der Waals surface area contributed by atoms with E-state index in [1.807, 2.05) is 7.11 Å². The van der Waals surface area contributed by atoms with Crippen molar-refractivity contribution in [3.8, 4) is 0 Å². The first-order valence-electron chi connectivity index (χ1n) is 7.02. The highest BCUT2D eigenvalue weighted by atomic mass is 16.5. The molecular formula is C14H27NO. The van der Waals surface area contributed by atoms with Gasteiger partial charge in [-0.2, -0.15) is 0 Å².